The van der Waals surface area contributed by atoms with E-state index in [2.05, 4.69) is 5.32 Å². The molecule has 0 heterocycles. The number of carbonyl (C=O) groups is 2. The molecule has 4 nitrogen and oxygen atoms in total. The van der Waals surface area contributed by atoms with Crippen molar-refractivity contribution < 1.29 is 9.59 Å². The third-order valence-corrected chi connectivity index (χ3v) is 2.83. The second-order valence-electron chi connectivity index (χ2n) is 4.03. The van der Waals surface area contributed by atoms with Crippen LogP contribution in [0.25, 0.3) is 0 Å². The minimum atomic E-state index is -0.0325. The molecule has 1 rings (SSSR count). The van der Waals surface area contributed by atoms with Gasteiger partial charge in [0.2, 0.25) is 5.91 Å². The van der Waals surface area contributed by atoms with Gasteiger partial charge in [0.1, 0.15) is 0 Å². The summed E-state index contributed by atoms with van der Waals surface area (Å²) in [6.07, 6.45) is 1.62. The summed E-state index contributed by atoms with van der Waals surface area (Å²) in [6, 6.07) is 5.09. The lowest BCUT2D eigenvalue weighted by Crippen LogP contribution is -2.35. The van der Waals surface area contributed by atoms with Crippen molar-refractivity contribution in [1.82, 2.24) is 5.32 Å². The van der Waals surface area contributed by atoms with Crippen LogP contribution in [-0.4, -0.2) is 32.3 Å². The Balaban J connectivity index is 2.66. The zero-order chi connectivity index (χ0) is 13.5. The van der Waals surface area contributed by atoms with E-state index in [0.29, 0.717) is 23.4 Å². The molecule has 0 saturated heterocycles. The Morgan fingerprint density at radius 1 is 1.50 bits per heavy atom. The first-order chi connectivity index (χ1) is 8.58. The van der Waals surface area contributed by atoms with Crippen molar-refractivity contribution in [2.24, 2.45) is 0 Å². The maximum atomic E-state index is 11.6. The number of benzene rings is 1. The lowest BCUT2D eigenvalue weighted by molar-refractivity contribution is -0.119. The van der Waals surface area contributed by atoms with Crippen LogP contribution in [0.1, 0.15) is 23.7 Å². The minimum Gasteiger partial charge on any atom is -0.365 e. The minimum absolute atomic E-state index is 0.0325. The molecular formula is C13H17ClN2O2. The first kappa shape index (κ1) is 14.5. The van der Waals surface area contributed by atoms with Gasteiger partial charge in [0.05, 0.1) is 11.6 Å². The van der Waals surface area contributed by atoms with Crippen molar-refractivity contribution in [3.8, 4) is 0 Å². The monoisotopic (exact) mass is 268 g/mol. The molecule has 0 unspecified atom stereocenters. The summed E-state index contributed by atoms with van der Waals surface area (Å²) in [4.78, 5) is 24.0. The standard InChI is InChI=1S/C13H17ClN2O2/c1-3-6-15-13(18)8-16(2)11-5-4-10(9-17)12(14)7-11/h4-5,7,9H,3,6,8H2,1-2H3,(H,15,18). The van der Waals surface area contributed by atoms with Gasteiger partial charge in [-0.2, -0.15) is 0 Å². The van der Waals surface area contributed by atoms with Gasteiger partial charge in [-0.1, -0.05) is 18.5 Å². The summed E-state index contributed by atoms with van der Waals surface area (Å²) in [5.41, 5.74) is 1.25. The number of amides is 1. The largest absolute Gasteiger partial charge is 0.365 e. The average molecular weight is 269 g/mol. The average Bonchev–Trinajstić information content (AvgIpc) is 2.36. The van der Waals surface area contributed by atoms with Crippen molar-refractivity contribution in [3.05, 3.63) is 28.8 Å². The topological polar surface area (TPSA) is 49.4 Å². The summed E-state index contributed by atoms with van der Waals surface area (Å²) in [5.74, 6) is -0.0325. The fraction of sp³-hybridized carbons (Fsp3) is 0.385. The number of rotatable bonds is 6. The molecule has 1 aromatic rings. The number of nitrogens with one attached hydrogen (secondary N) is 1. The quantitative estimate of drug-likeness (QED) is 0.804. The van der Waals surface area contributed by atoms with Gasteiger partial charge < -0.3 is 10.2 Å². The molecule has 0 spiro atoms. The molecule has 1 N–H and O–H groups in total. The van der Waals surface area contributed by atoms with Gasteiger partial charge in [0, 0.05) is 24.8 Å². The number of halogens is 1. The van der Waals surface area contributed by atoms with Crippen molar-refractivity contribution in [1.29, 1.82) is 0 Å². The highest BCUT2D eigenvalue weighted by molar-refractivity contribution is 6.33. The highest BCUT2D eigenvalue weighted by atomic mass is 35.5. The molecule has 1 aromatic carbocycles. The van der Waals surface area contributed by atoms with Crippen LogP contribution in [0, 0.1) is 0 Å². The summed E-state index contributed by atoms with van der Waals surface area (Å²) in [6.45, 7) is 2.94. The first-order valence-electron chi connectivity index (χ1n) is 5.81. The zero-order valence-corrected chi connectivity index (χ0v) is 11.3. The van der Waals surface area contributed by atoms with Gasteiger partial charge in [-0.15, -0.1) is 0 Å². The second-order valence-corrected chi connectivity index (χ2v) is 4.44. The van der Waals surface area contributed by atoms with Crippen LogP contribution in [0.15, 0.2) is 18.2 Å². The second kappa shape index (κ2) is 7.01. The number of carbonyl (C=O) groups excluding carboxylic acids is 2. The summed E-state index contributed by atoms with van der Waals surface area (Å²) < 4.78 is 0. The Bertz CT molecular complexity index is 435. The lowest BCUT2D eigenvalue weighted by Gasteiger charge is -2.19. The molecule has 0 aliphatic rings. The van der Waals surface area contributed by atoms with Crippen molar-refractivity contribution in [2.45, 2.75) is 13.3 Å². The molecule has 0 radical (unpaired) electrons. The summed E-state index contributed by atoms with van der Waals surface area (Å²) in [5, 5.41) is 3.19. The number of anilines is 1. The third-order valence-electron chi connectivity index (χ3n) is 2.50. The van der Waals surface area contributed by atoms with Crippen LogP contribution in [0.4, 0.5) is 5.69 Å². The van der Waals surface area contributed by atoms with Crippen LogP contribution in [0.2, 0.25) is 5.02 Å². The van der Waals surface area contributed by atoms with Crippen molar-refractivity contribution in [3.63, 3.8) is 0 Å². The number of nitrogens with zero attached hydrogens (tertiary/aromatic N) is 1. The van der Waals surface area contributed by atoms with E-state index in [1.54, 1.807) is 30.1 Å². The van der Waals surface area contributed by atoms with E-state index in [9.17, 15) is 9.59 Å². The molecule has 0 aliphatic heterocycles. The van der Waals surface area contributed by atoms with Gasteiger partial charge >= 0.3 is 0 Å². The molecule has 98 valence electrons. The number of hydrogen-bond acceptors (Lipinski definition) is 3. The summed E-state index contributed by atoms with van der Waals surface area (Å²) in [7, 11) is 1.80. The lowest BCUT2D eigenvalue weighted by atomic mass is 10.2. The van der Waals surface area contributed by atoms with Gasteiger partial charge in [-0.05, 0) is 24.6 Å². The van der Waals surface area contributed by atoms with Gasteiger partial charge in [0.15, 0.2) is 6.29 Å². The Labute approximate surface area is 112 Å². The highest BCUT2D eigenvalue weighted by Gasteiger charge is 2.08. The van der Waals surface area contributed by atoms with Crippen LogP contribution in [0.3, 0.4) is 0 Å². The number of aldehydes is 1. The number of likely N-dealkylation sites (N-methyl/N-ethyl adjacent to an activating group) is 1. The van der Waals surface area contributed by atoms with E-state index in [1.165, 1.54) is 0 Å². The first-order valence-corrected chi connectivity index (χ1v) is 6.18. The summed E-state index contributed by atoms with van der Waals surface area (Å²) >= 11 is 5.94. The van der Waals surface area contributed by atoms with E-state index in [1.807, 2.05) is 6.92 Å². The van der Waals surface area contributed by atoms with Gasteiger partial charge in [-0.3, -0.25) is 9.59 Å². The number of hydrogen-bond donors (Lipinski definition) is 1. The van der Waals surface area contributed by atoms with Gasteiger partial charge in [0.25, 0.3) is 0 Å². The molecule has 1 amide bonds. The van der Waals surface area contributed by atoms with Crippen LogP contribution in [0.5, 0.6) is 0 Å². The Morgan fingerprint density at radius 3 is 2.78 bits per heavy atom. The molecule has 0 fully saturated rings. The predicted molar refractivity (Wildman–Crippen MR) is 73.4 cm³/mol. The zero-order valence-electron chi connectivity index (χ0n) is 10.6. The Hall–Kier alpha value is -1.55. The SMILES string of the molecule is CCCNC(=O)CN(C)c1ccc(C=O)c(Cl)c1. The maximum absolute atomic E-state index is 11.6. The molecular weight excluding hydrogens is 252 g/mol. The fourth-order valence-corrected chi connectivity index (χ4v) is 1.70. The molecule has 0 atom stereocenters. The molecule has 18 heavy (non-hydrogen) atoms. The molecule has 0 saturated carbocycles. The van der Waals surface area contributed by atoms with Crippen molar-refractivity contribution >= 4 is 29.5 Å². The van der Waals surface area contributed by atoms with E-state index >= 15 is 0 Å². The smallest absolute Gasteiger partial charge is 0.239 e. The van der Waals surface area contributed by atoms with E-state index in [4.69, 9.17) is 11.6 Å². The fourth-order valence-electron chi connectivity index (χ4n) is 1.48. The van der Waals surface area contributed by atoms with Crippen LogP contribution < -0.4 is 10.2 Å². The molecule has 5 heteroatoms. The Morgan fingerprint density at radius 2 is 2.22 bits per heavy atom. The van der Waals surface area contributed by atoms with E-state index < -0.39 is 0 Å². The molecule has 0 aliphatic carbocycles. The van der Waals surface area contributed by atoms with Crippen LogP contribution >= 0.6 is 11.6 Å². The Kier molecular flexibility index (Phi) is 5.65. The molecule has 0 bridgehead atoms. The van der Waals surface area contributed by atoms with Crippen LogP contribution in [-0.2, 0) is 4.79 Å². The van der Waals surface area contributed by atoms with Crippen molar-refractivity contribution in [2.75, 3.05) is 25.0 Å². The predicted octanol–water partition coefficient (Wildman–Crippen LogP) is 2.11. The van der Waals surface area contributed by atoms with E-state index in [0.717, 1.165) is 12.1 Å². The highest BCUT2D eigenvalue weighted by Crippen LogP contribution is 2.21. The van der Waals surface area contributed by atoms with E-state index in [-0.39, 0.29) is 12.5 Å². The molecule has 0 aromatic heterocycles. The normalized spacial score (nSPS) is 9.94. The van der Waals surface area contributed by atoms with Gasteiger partial charge in [-0.25, -0.2) is 0 Å². The third kappa shape index (κ3) is 4.04. The maximum Gasteiger partial charge on any atom is 0.239 e.